The molecule has 25 heavy (non-hydrogen) atoms. The maximum absolute atomic E-state index is 13.1. The van der Waals surface area contributed by atoms with Crippen molar-refractivity contribution in [2.45, 2.75) is 25.4 Å². The fourth-order valence-electron chi connectivity index (χ4n) is 3.03. The van der Waals surface area contributed by atoms with Crippen molar-refractivity contribution < 1.29 is 9.18 Å². The van der Waals surface area contributed by atoms with Gasteiger partial charge in [-0.05, 0) is 44.6 Å². The zero-order chi connectivity index (χ0) is 17.8. The van der Waals surface area contributed by atoms with Gasteiger partial charge in [0.1, 0.15) is 11.9 Å². The van der Waals surface area contributed by atoms with Gasteiger partial charge >= 0.3 is 0 Å². The number of aromatic nitrogens is 1. The summed E-state index contributed by atoms with van der Waals surface area (Å²) in [4.78, 5) is 21.4. The Morgan fingerprint density at radius 2 is 2.00 bits per heavy atom. The third-order valence-corrected chi connectivity index (χ3v) is 5.26. The van der Waals surface area contributed by atoms with Crippen molar-refractivity contribution in [1.29, 1.82) is 0 Å². The summed E-state index contributed by atoms with van der Waals surface area (Å²) in [6.45, 7) is 2.52. The number of anilines is 1. The van der Waals surface area contributed by atoms with Crippen LogP contribution in [0.15, 0.2) is 29.6 Å². The molecule has 0 radical (unpaired) electrons. The van der Waals surface area contributed by atoms with Gasteiger partial charge in [-0.3, -0.25) is 9.69 Å². The summed E-state index contributed by atoms with van der Waals surface area (Å²) in [5.41, 5.74) is 1.64. The van der Waals surface area contributed by atoms with Crippen LogP contribution in [0.3, 0.4) is 0 Å². The van der Waals surface area contributed by atoms with Crippen LogP contribution in [0.4, 0.5) is 9.52 Å². The molecule has 2 heterocycles. The summed E-state index contributed by atoms with van der Waals surface area (Å²) >= 11 is 1.62. The molecule has 0 saturated carbocycles. The monoisotopic (exact) mass is 362 g/mol. The van der Waals surface area contributed by atoms with Crippen LogP contribution in [-0.2, 0) is 11.3 Å². The number of nitrogens with zero attached hydrogens (tertiary/aromatic N) is 3. The van der Waals surface area contributed by atoms with Crippen molar-refractivity contribution >= 4 is 22.4 Å². The van der Waals surface area contributed by atoms with E-state index in [4.69, 9.17) is 0 Å². The molecule has 5 nitrogen and oxygen atoms in total. The molecule has 1 N–H and O–H groups in total. The second kappa shape index (κ2) is 7.93. The van der Waals surface area contributed by atoms with Gasteiger partial charge < -0.3 is 10.2 Å². The highest BCUT2D eigenvalue weighted by Gasteiger charge is 2.23. The zero-order valence-corrected chi connectivity index (χ0v) is 15.4. The molecule has 1 aliphatic heterocycles. The normalized spacial score (nSPS) is 15.6. The summed E-state index contributed by atoms with van der Waals surface area (Å²) in [6, 6.07) is 5.59. The number of hydrogen-bond acceptors (Lipinski definition) is 5. The molecule has 7 heteroatoms. The van der Waals surface area contributed by atoms with E-state index < -0.39 is 6.04 Å². The fraction of sp³-hybridized carbons (Fsp3) is 0.444. The maximum Gasteiger partial charge on any atom is 0.242 e. The van der Waals surface area contributed by atoms with Crippen molar-refractivity contribution in [2.24, 2.45) is 0 Å². The molecule has 0 spiro atoms. The van der Waals surface area contributed by atoms with Gasteiger partial charge in [0, 0.05) is 18.5 Å². The lowest BCUT2D eigenvalue weighted by Gasteiger charge is -2.23. The van der Waals surface area contributed by atoms with E-state index in [9.17, 15) is 9.18 Å². The highest BCUT2D eigenvalue weighted by Crippen LogP contribution is 2.24. The highest BCUT2D eigenvalue weighted by atomic mass is 32.1. The molecular weight excluding hydrogens is 339 g/mol. The molecule has 1 aromatic carbocycles. The van der Waals surface area contributed by atoms with E-state index in [0.29, 0.717) is 6.54 Å². The Kier molecular flexibility index (Phi) is 5.65. The third kappa shape index (κ3) is 4.35. The van der Waals surface area contributed by atoms with E-state index in [0.717, 1.165) is 29.5 Å². The van der Waals surface area contributed by atoms with Gasteiger partial charge in [0.15, 0.2) is 5.13 Å². The Hall–Kier alpha value is -1.99. The van der Waals surface area contributed by atoms with E-state index >= 15 is 0 Å². The molecule has 1 fully saturated rings. The van der Waals surface area contributed by atoms with Crippen LogP contribution >= 0.6 is 11.3 Å². The van der Waals surface area contributed by atoms with Gasteiger partial charge in [-0.2, -0.15) is 0 Å². The fourth-order valence-corrected chi connectivity index (χ4v) is 3.91. The van der Waals surface area contributed by atoms with Crippen molar-refractivity contribution in [1.82, 2.24) is 15.2 Å². The zero-order valence-electron chi connectivity index (χ0n) is 14.5. The SMILES string of the molecule is CN(C)[C@@H](C(=O)NCc1csc(N2CCCC2)n1)c1ccc(F)cc1. The Balaban J connectivity index is 1.62. The first kappa shape index (κ1) is 17.8. The van der Waals surface area contributed by atoms with E-state index in [1.54, 1.807) is 23.5 Å². The van der Waals surface area contributed by atoms with Gasteiger partial charge in [0.05, 0.1) is 12.2 Å². The van der Waals surface area contributed by atoms with E-state index in [2.05, 4.69) is 15.2 Å². The molecule has 1 aliphatic rings. The maximum atomic E-state index is 13.1. The predicted octanol–water partition coefficient (Wildman–Crippen LogP) is 2.80. The lowest BCUT2D eigenvalue weighted by Crippen LogP contribution is -2.36. The van der Waals surface area contributed by atoms with Crippen LogP contribution in [0.1, 0.15) is 30.1 Å². The number of carbonyl (C=O) groups excluding carboxylic acids is 1. The Morgan fingerprint density at radius 1 is 1.32 bits per heavy atom. The van der Waals surface area contributed by atoms with Crippen LogP contribution in [0.25, 0.3) is 0 Å². The van der Waals surface area contributed by atoms with E-state index in [1.807, 2.05) is 24.4 Å². The molecule has 2 aromatic rings. The Bertz CT molecular complexity index is 710. The highest BCUT2D eigenvalue weighted by molar-refractivity contribution is 7.13. The standard InChI is InChI=1S/C18H23FN4OS/c1-22(2)16(13-5-7-14(19)8-6-13)17(24)20-11-15-12-25-18(21-15)23-9-3-4-10-23/h5-8,12,16H,3-4,9-11H2,1-2H3,(H,20,24)/t16-/m1/s1. The van der Waals surface area contributed by atoms with Crippen molar-refractivity contribution in [2.75, 3.05) is 32.1 Å². The molecule has 1 amide bonds. The minimum Gasteiger partial charge on any atom is -0.349 e. The van der Waals surface area contributed by atoms with Crippen LogP contribution in [-0.4, -0.2) is 43.0 Å². The van der Waals surface area contributed by atoms with E-state index in [1.165, 1.54) is 25.0 Å². The average molecular weight is 362 g/mol. The van der Waals surface area contributed by atoms with E-state index in [-0.39, 0.29) is 11.7 Å². The number of hydrogen-bond donors (Lipinski definition) is 1. The van der Waals surface area contributed by atoms with Crippen LogP contribution < -0.4 is 10.2 Å². The number of rotatable bonds is 6. The van der Waals surface area contributed by atoms with Gasteiger partial charge in [-0.15, -0.1) is 11.3 Å². The summed E-state index contributed by atoms with van der Waals surface area (Å²) in [5.74, 6) is -0.425. The van der Waals surface area contributed by atoms with Gasteiger partial charge in [-0.1, -0.05) is 12.1 Å². The summed E-state index contributed by atoms with van der Waals surface area (Å²) in [6.07, 6.45) is 2.43. The molecule has 0 aliphatic carbocycles. The minimum absolute atomic E-state index is 0.118. The number of amides is 1. The quantitative estimate of drug-likeness (QED) is 0.858. The van der Waals surface area contributed by atoms with Crippen LogP contribution in [0.5, 0.6) is 0 Å². The Labute approximate surface area is 151 Å². The summed E-state index contributed by atoms with van der Waals surface area (Å²) in [7, 11) is 3.67. The predicted molar refractivity (Wildman–Crippen MR) is 98.2 cm³/mol. The van der Waals surface area contributed by atoms with Crippen molar-refractivity contribution in [3.05, 3.63) is 46.7 Å². The molecule has 0 bridgehead atoms. The van der Waals surface area contributed by atoms with Crippen LogP contribution in [0.2, 0.25) is 0 Å². The first-order valence-corrected chi connectivity index (χ1v) is 9.31. The topological polar surface area (TPSA) is 48.5 Å². The van der Waals surface area contributed by atoms with Crippen molar-refractivity contribution in [3.63, 3.8) is 0 Å². The second-order valence-corrected chi connectivity index (χ2v) is 7.29. The molecule has 1 aromatic heterocycles. The van der Waals surface area contributed by atoms with Crippen LogP contribution in [0, 0.1) is 5.82 Å². The third-order valence-electron chi connectivity index (χ3n) is 4.31. The number of halogens is 1. The van der Waals surface area contributed by atoms with Gasteiger partial charge in [0.25, 0.3) is 0 Å². The first-order valence-electron chi connectivity index (χ1n) is 8.43. The number of nitrogens with one attached hydrogen (secondary N) is 1. The smallest absolute Gasteiger partial charge is 0.242 e. The average Bonchev–Trinajstić information content (AvgIpc) is 3.26. The number of benzene rings is 1. The summed E-state index contributed by atoms with van der Waals surface area (Å²) < 4.78 is 13.1. The molecule has 3 rings (SSSR count). The molecule has 134 valence electrons. The van der Waals surface area contributed by atoms with Crippen molar-refractivity contribution in [3.8, 4) is 0 Å². The molecule has 1 atom stereocenters. The lowest BCUT2D eigenvalue weighted by molar-refractivity contribution is -0.126. The molecule has 1 saturated heterocycles. The lowest BCUT2D eigenvalue weighted by atomic mass is 10.1. The Morgan fingerprint density at radius 3 is 2.64 bits per heavy atom. The number of thiazole rings is 1. The largest absolute Gasteiger partial charge is 0.349 e. The minimum atomic E-state index is -0.461. The van der Waals surface area contributed by atoms with Gasteiger partial charge in [0.2, 0.25) is 5.91 Å². The number of carbonyl (C=O) groups is 1. The van der Waals surface area contributed by atoms with Gasteiger partial charge in [-0.25, -0.2) is 9.37 Å². The molecule has 0 unspecified atom stereocenters. The summed E-state index contributed by atoms with van der Waals surface area (Å²) in [5, 5.41) is 5.98. The second-order valence-electron chi connectivity index (χ2n) is 6.45. The first-order chi connectivity index (χ1) is 12.0. The number of likely N-dealkylation sites (N-methyl/N-ethyl adjacent to an activating group) is 1. The molecular formula is C18H23FN4OS.